The first kappa shape index (κ1) is 25.8. The van der Waals surface area contributed by atoms with Gasteiger partial charge in [0.2, 0.25) is 13.9 Å². The van der Waals surface area contributed by atoms with E-state index in [1.54, 1.807) is 17.2 Å². The minimum atomic E-state index is -2.05. The van der Waals surface area contributed by atoms with Gasteiger partial charge in [0, 0.05) is 24.6 Å². The van der Waals surface area contributed by atoms with Gasteiger partial charge in [-0.15, -0.1) is 0 Å². The molecule has 0 aliphatic rings. The van der Waals surface area contributed by atoms with Crippen molar-refractivity contribution in [1.82, 2.24) is 4.90 Å². The first-order valence-corrected chi connectivity index (χ1v) is 13.5. The van der Waals surface area contributed by atoms with Crippen molar-refractivity contribution in [1.29, 1.82) is 5.26 Å². The van der Waals surface area contributed by atoms with Crippen LogP contribution in [-0.2, 0) is 15.6 Å². The number of ether oxygens (including phenoxy) is 1. The lowest BCUT2D eigenvalue weighted by atomic mass is 9.95. The molecule has 0 N–H and O–H groups in total. The Balaban J connectivity index is 3.26. The molecule has 0 aliphatic heterocycles. The standard InChI is InChI=1S/C24H38N2O3Si/c1-19(2)26(20(3)4)22(27)29-24(18-25,17-21-13-11-10-12-14-21)15-16-28-30(8,9)23(5,6)7/h10-16,19-20H,17H2,1-9H3/b16-15+/t24-/m0/s1. The van der Waals surface area contributed by atoms with Gasteiger partial charge in [-0.1, -0.05) is 51.1 Å². The van der Waals surface area contributed by atoms with E-state index in [2.05, 4.69) is 39.9 Å². The van der Waals surface area contributed by atoms with Gasteiger partial charge in [0.25, 0.3) is 0 Å². The molecule has 1 rings (SSSR count). The van der Waals surface area contributed by atoms with E-state index in [1.807, 2.05) is 58.0 Å². The Labute approximate surface area is 183 Å². The van der Waals surface area contributed by atoms with Crippen LogP contribution in [-0.4, -0.2) is 37.0 Å². The number of hydrogen-bond donors (Lipinski definition) is 0. The summed E-state index contributed by atoms with van der Waals surface area (Å²) in [7, 11) is -2.05. The van der Waals surface area contributed by atoms with Gasteiger partial charge in [0.15, 0.2) is 0 Å². The van der Waals surface area contributed by atoms with Crippen LogP contribution in [0.3, 0.4) is 0 Å². The molecule has 1 aromatic rings. The SMILES string of the molecule is CC(C)N(C(=O)O[C@@](C#N)(/C=C/O[Si](C)(C)C(C)(C)C)Cc1ccccc1)C(C)C. The second-order valence-corrected chi connectivity index (χ2v) is 14.6. The Kier molecular flexibility index (Phi) is 8.73. The summed E-state index contributed by atoms with van der Waals surface area (Å²) in [6.45, 7) is 18.5. The maximum atomic E-state index is 13.0. The van der Waals surface area contributed by atoms with Crippen molar-refractivity contribution in [2.24, 2.45) is 0 Å². The molecule has 30 heavy (non-hydrogen) atoms. The molecule has 1 aromatic carbocycles. The number of benzene rings is 1. The van der Waals surface area contributed by atoms with Crippen molar-refractivity contribution < 1.29 is 14.0 Å². The molecule has 0 fully saturated rings. The fraction of sp³-hybridized carbons (Fsp3) is 0.583. The molecule has 0 aromatic heterocycles. The summed E-state index contributed by atoms with van der Waals surface area (Å²) in [6.07, 6.45) is 2.90. The third-order valence-corrected chi connectivity index (χ3v) is 9.94. The molecule has 0 aliphatic carbocycles. The highest BCUT2D eigenvalue weighted by molar-refractivity contribution is 6.74. The van der Waals surface area contributed by atoms with Crippen molar-refractivity contribution in [3.63, 3.8) is 0 Å². The third-order valence-electron chi connectivity index (χ3n) is 5.60. The van der Waals surface area contributed by atoms with Gasteiger partial charge in [-0.3, -0.25) is 0 Å². The molecule has 5 nitrogen and oxygen atoms in total. The Bertz CT molecular complexity index is 753. The van der Waals surface area contributed by atoms with Crippen molar-refractivity contribution in [2.75, 3.05) is 0 Å². The lowest BCUT2D eigenvalue weighted by Gasteiger charge is -2.36. The smallest absolute Gasteiger partial charge is 0.412 e. The highest BCUT2D eigenvalue weighted by Gasteiger charge is 2.39. The molecule has 0 bridgehead atoms. The number of nitriles is 1. The van der Waals surface area contributed by atoms with E-state index in [9.17, 15) is 10.1 Å². The zero-order valence-electron chi connectivity index (χ0n) is 20.0. The summed E-state index contributed by atoms with van der Waals surface area (Å²) in [4.78, 5) is 14.6. The van der Waals surface area contributed by atoms with Crippen molar-refractivity contribution in [3.05, 3.63) is 48.2 Å². The Morgan fingerprint density at radius 2 is 1.67 bits per heavy atom. The predicted molar refractivity (Wildman–Crippen MR) is 125 cm³/mol. The zero-order valence-corrected chi connectivity index (χ0v) is 21.0. The molecule has 1 amide bonds. The molecule has 166 valence electrons. The number of nitrogens with zero attached hydrogens (tertiary/aromatic N) is 2. The van der Waals surface area contributed by atoms with E-state index in [-0.39, 0.29) is 23.5 Å². The van der Waals surface area contributed by atoms with Gasteiger partial charge < -0.3 is 14.1 Å². The number of hydrogen-bond acceptors (Lipinski definition) is 4. The molecular formula is C24H38N2O3Si. The van der Waals surface area contributed by atoms with Crippen molar-refractivity contribution >= 4 is 14.4 Å². The second kappa shape index (κ2) is 10.2. The molecule has 0 saturated heterocycles. The molecule has 0 heterocycles. The highest BCUT2D eigenvalue weighted by atomic mass is 28.4. The van der Waals surface area contributed by atoms with E-state index in [0.717, 1.165) is 5.56 Å². The van der Waals surface area contributed by atoms with Crippen LogP contribution in [0, 0.1) is 11.3 Å². The van der Waals surface area contributed by atoms with Crippen LogP contribution in [0.4, 0.5) is 4.79 Å². The van der Waals surface area contributed by atoms with E-state index in [0.29, 0.717) is 0 Å². The van der Waals surface area contributed by atoms with Crippen LogP contribution in [0.25, 0.3) is 0 Å². The maximum absolute atomic E-state index is 13.0. The van der Waals surface area contributed by atoms with E-state index < -0.39 is 20.0 Å². The minimum Gasteiger partial charge on any atom is -0.549 e. The summed E-state index contributed by atoms with van der Waals surface area (Å²) in [6, 6.07) is 11.7. The Morgan fingerprint density at radius 3 is 2.10 bits per heavy atom. The summed E-state index contributed by atoms with van der Waals surface area (Å²) in [5.41, 5.74) is -0.549. The summed E-state index contributed by atoms with van der Waals surface area (Å²) < 4.78 is 12.0. The van der Waals surface area contributed by atoms with Crippen LogP contribution in [0.5, 0.6) is 0 Å². The molecule has 0 radical (unpaired) electrons. The molecule has 0 unspecified atom stereocenters. The maximum Gasteiger partial charge on any atom is 0.412 e. The molecular weight excluding hydrogens is 392 g/mol. The van der Waals surface area contributed by atoms with Crippen LogP contribution in [0.15, 0.2) is 42.7 Å². The molecule has 0 saturated carbocycles. The lowest BCUT2D eigenvalue weighted by Crippen LogP contribution is -2.47. The van der Waals surface area contributed by atoms with Gasteiger partial charge in [0.1, 0.15) is 6.07 Å². The molecule has 1 atom stereocenters. The average molecular weight is 431 g/mol. The van der Waals surface area contributed by atoms with Gasteiger partial charge in [-0.05, 0) is 51.4 Å². The monoisotopic (exact) mass is 430 g/mol. The molecule has 6 heteroatoms. The summed E-state index contributed by atoms with van der Waals surface area (Å²) in [5, 5.41) is 10.1. The van der Waals surface area contributed by atoms with Gasteiger partial charge in [0.05, 0.1) is 6.26 Å². The topological polar surface area (TPSA) is 62.6 Å². The number of rotatable bonds is 8. The Morgan fingerprint density at radius 1 is 1.13 bits per heavy atom. The van der Waals surface area contributed by atoms with Crippen LogP contribution >= 0.6 is 0 Å². The normalized spacial score (nSPS) is 14.5. The fourth-order valence-electron chi connectivity index (χ4n) is 2.84. The van der Waals surface area contributed by atoms with Crippen LogP contribution in [0.1, 0.15) is 54.0 Å². The van der Waals surface area contributed by atoms with Crippen molar-refractivity contribution in [2.45, 2.75) is 90.7 Å². The van der Waals surface area contributed by atoms with Gasteiger partial charge >= 0.3 is 6.09 Å². The fourth-order valence-corrected chi connectivity index (χ4v) is 3.61. The minimum absolute atomic E-state index is 0.0227. The average Bonchev–Trinajstić information content (AvgIpc) is 2.60. The van der Waals surface area contributed by atoms with Crippen LogP contribution in [0.2, 0.25) is 18.1 Å². The number of carbonyl (C=O) groups excluding carboxylic acids is 1. The second-order valence-electron chi connectivity index (χ2n) is 9.81. The third kappa shape index (κ3) is 6.91. The summed E-state index contributed by atoms with van der Waals surface area (Å²) in [5.74, 6) is 0. The molecule has 0 spiro atoms. The first-order valence-electron chi connectivity index (χ1n) is 10.6. The van der Waals surface area contributed by atoms with Crippen molar-refractivity contribution in [3.8, 4) is 6.07 Å². The van der Waals surface area contributed by atoms with E-state index in [1.165, 1.54) is 0 Å². The Hall–Kier alpha value is -2.26. The highest BCUT2D eigenvalue weighted by Crippen LogP contribution is 2.37. The summed E-state index contributed by atoms with van der Waals surface area (Å²) >= 11 is 0. The van der Waals surface area contributed by atoms with E-state index >= 15 is 0 Å². The predicted octanol–water partition coefficient (Wildman–Crippen LogP) is 6.28. The lowest BCUT2D eigenvalue weighted by molar-refractivity contribution is 0.0337. The van der Waals surface area contributed by atoms with Crippen LogP contribution < -0.4 is 0 Å². The number of amides is 1. The van der Waals surface area contributed by atoms with E-state index in [4.69, 9.17) is 9.16 Å². The quantitative estimate of drug-likeness (QED) is 0.359. The van der Waals surface area contributed by atoms with Gasteiger partial charge in [-0.25, -0.2) is 4.79 Å². The van der Waals surface area contributed by atoms with Gasteiger partial charge in [-0.2, -0.15) is 5.26 Å². The zero-order chi connectivity index (χ0) is 23.2. The largest absolute Gasteiger partial charge is 0.549 e. The number of carbonyl (C=O) groups is 1. The first-order chi connectivity index (χ1) is 13.7.